The molecular weight excluding hydrogens is 206 g/mol. The Balaban J connectivity index is 1.98. The fraction of sp³-hybridized carbons (Fsp3) is 0.438. The monoisotopic (exact) mass is 225 g/mol. The Morgan fingerprint density at radius 2 is 1.76 bits per heavy atom. The Labute approximate surface area is 104 Å². The van der Waals surface area contributed by atoms with Gasteiger partial charge in [-0.1, -0.05) is 24.3 Å². The van der Waals surface area contributed by atoms with Gasteiger partial charge in [-0.3, -0.25) is 0 Å². The largest absolute Gasteiger partial charge is 0.192 e. The molecule has 0 radical (unpaired) electrons. The van der Waals surface area contributed by atoms with E-state index in [-0.39, 0.29) is 0 Å². The lowest BCUT2D eigenvalue weighted by Gasteiger charge is -2.27. The minimum Gasteiger partial charge on any atom is -0.192 e. The minimum absolute atomic E-state index is 0.698. The first kappa shape index (κ1) is 11.9. The Kier molecular flexibility index (Phi) is 3.98. The van der Waals surface area contributed by atoms with Crippen molar-refractivity contribution in [2.24, 2.45) is 5.92 Å². The molecule has 1 nitrogen and oxygen atoms in total. The third kappa shape index (κ3) is 2.97. The maximum atomic E-state index is 8.77. The van der Waals surface area contributed by atoms with Crippen LogP contribution in [-0.4, -0.2) is 0 Å². The number of rotatable bonds is 2. The second-order valence-corrected chi connectivity index (χ2v) is 4.87. The molecule has 0 unspecified atom stereocenters. The fourth-order valence-corrected chi connectivity index (χ4v) is 2.75. The fourth-order valence-electron chi connectivity index (χ4n) is 2.75. The van der Waals surface area contributed by atoms with Crippen LogP contribution >= 0.6 is 0 Å². The Morgan fingerprint density at radius 3 is 2.29 bits per heavy atom. The minimum atomic E-state index is 0.698. The third-order valence-corrected chi connectivity index (χ3v) is 3.75. The first-order valence-corrected chi connectivity index (χ1v) is 6.46. The van der Waals surface area contributed by atoms with Crippen LogP contribution in [-0.2, 0) is 0 Å². The molecule has 0 aliphatic heterocycles. The zero-order chi connectivity index (χ0) is 12.1. The number of nitrogens with zero attached hydrogens (tertiary/aromatic N) is 1. The van der Waals surface area contributed by atoms with Crippen LogP contribution in [0.25, 0.3) is 0 Å². The van der Waals surface area contributed by atoms with Crippen molar-refractivity contribution in [1.29, 1.82) is 5.26 Å². The van der Waals surface area contributed by atoms with Crippen molar-refractivity contribution in [3.8, 4) is 6.07 Å². The van der Waals surface area contributed by atoms with Gasteiger partial charge in [0.25, 0.3) is 0 Å². The standard InChI is InChI=1S/C16H19N/c1-2-3-13-4-8-15(9-5-13)16-10-6-14(12-17)7-11-16/h2-3,6-7,10-11,13,15H,4-5,8-9H2,1H3/b3-2+/t13-,15-. The maximum absolute atomic E-state index is 8.77. The third-order valence-electron chi connectivity index (χ3n) is 3.75. The van der Waals surface area contributed by atoms with Crippen LogP contribution in [0.4, 0.5) is 0 Å². The number of allylic oxidation sites excluding steroid dienone is 2. The molecule has 1 saturated carbocycles. The molecule has 1 heteroatoms. The zero-order valence-electron chi connectivity index (χ0n) is 10.4. The zero-order valence-corrected chi connectivity index (χ0v) is 10.4. The maximum Gasteiger partial charge on any atom is 0.0991 e. The molecular formula is C16H19N. The lowest BCUT2D eigenvalue weighted by Crippen LogP contribution is -2.11. The summed E-state index contributed by atoms with van der Waals surface area (Å²) in [6, 6.07) is 10.3. The average molecular weight is 225 g/mol. The van der Waals surface area contributed by atoms with Crippen molar-refractivity contribution in [3.63, 3.8) is 0 Å². The molecule has 1 aromatic rings. The number of nitriles is 1. The second kappa shape index (κ2) is 5.68. The van der Waals surface area contributed by atoms with E-state index in [1.807, 2.05) is 12.1 Å². The molecule has 0 spiro atoms. The van der Waals surface area contributed by atoms with Crippen molar-refractivity contribution < 1.29 is 0 Å². The SMILES string of the molecule is C/C=C/[C@H]1CC[C@H](c2ccc(C#N)cc2)CC1. The summed E-state index contributed by atoms with van der Waals surface area (Å²) < 4.78 is 0. The van der Waals surface area contributed by atoms with Gasteiger partial charge in [0.1, 0.15) is 0 Å². The van der Waals surface area contributed by atoms with E-state index in [0.717, 1.165) is 11.5 Å². The van der Waals surface area contributed by atoms with E-state index in [1.54, 1.807) is 0 Å². The first-order chi connectivity index (χ1) is 8.33. The number of hydrogen-bond donors (Lipinski definition) is 0. The number of hydrogen-bond acceptors (Lipinski definition) is 1. The predicted octanol–water partition coefficient (Wildman–Crippen LogP) is 4.41. The van der Waals surface area contributed by atoms with E-state index < -0.39 is 0 Å². The van der Waals surface area contributed by atoms with Crippen molar-refractivity contribution in [3.05, 3.63) is 47.5 Å². The van der Waals surface area contributed by atoms with E-state index in [0.29, 0.717) is 5.92 Å². The van der Waals surface area contributed by atoms with Gasteiger partial charge in [-0.2, -0.15) is 5.26 Å². The molecule has 1 aliphatic rings. The summed E-state index contributed by atoms with van der Waals surface area (Å²) in [5, 5.41) is 8.77. The van der Waals surface area contributed by atoms with Gasteiger partial charge in [0.05, 0.1) is 11.6 Å². The molecule has 17 heavy (non-hydrogen) atoms. The molecule has 0 amide bonds. The van der Waals surface area contributed by atoms with E-state index in [1.165, 1.54) is 31.2 Å². The van der Waals surface area contributed by atoms with Crippen molar-refractivity contribution >= 4 is 0 Å². The topological polar surface area (TPSA) is 23.8 Å². The second-order valence-electron chi connectivity index (χ2n) is 4.87. The lowest BCUT2D eigenvalue weighted by molar-refractivity contribution is 0.375. The summed E-state index contributed by atoms with van der Waals surface area (Å²) in [4.78, 5) is 0. The van der Waals surface area contributed by atoms with Crippen molar-refractivity contribution in [2.45, 2.75) is 38.5 Å². The van der Waals surface area contributed by atoms with Gasteiger partial charge in [0.15, 0.2) is 0 Å². The van der Waals surface area contributed by atoms with Crippen molar-refractivity contribution in [1.82, 2.24) is 0 Å². The summed E-state index contributed by atoms with van der Waals surface area (Å²) >= 11 is 0. The van der Waals surface area contributed by atoms with Crippen LogP contribution in [0.2, 0.25) is 0 Å². The molecule has 88 valence electrons. The van der Waals surface area contributed by atoms with E-state index >= 15 is 0 Å². The summed E-state index contributed by atoms with van der Waals surface area (Å²) in [5.41, 5.74) is 2.17. The van der Waals surface area contributed by atoms with E-state index in [4.69, 9.17) is 5.26 Å². The van der Waals surface area contributed by atoms with Gasteiger partial charge < -0.3 is 0 Å². The highest BCUT2D eigenvalue weighted by Gasteiger charge is 2.20. The molecule has 2 rings (SSSR count). The Morgan fingerprint density at radius 1 is 1.12 bits per heavy atom. The normalized spacial score (nSPS) is 24.7. The quantitative estimate of drug-likeness (QED) is 0.684. The molecule has 1 fully saturated rings. The smallest absolute Gasteiger partial charge is 0.0991 e. The molecule has 0 bridgehead atoms. The molecule has 1 aromatic carbocycles. The van der Waals surface area contributed by atoms with E-state index in [2.05, 4.69) is 37.3 Å². The van der Waals surface area contributed by atoms with Gasteiger partial charge in [-0.05, 0) is 62.1 Å². The van der Waals surface area contributed by atoms with Gasteiger partial charge >= 0.3 is 0 Å². The Bertz CT molecular complexity index is 414. The van der Waals surface area contributed by atoms with Gasteiger partial charge in [-0.25, -0.2) is 0 Å². The van der Waals surface area contributed by atoms with Crippen LogP contribution < -0.4 is 0 Å². The van der Waals surface area contributed by atoms with Gasteiger partial charge in [-0.15, -0.1) is 0 Å². The molecule has 0 N–H and O–H groups in total. The van der Waals surface area contributed by atoms with Crippen LogP contribution in [0.1, 0.15) is 49.7 Å². The van der Waals surface area contributed by atoms with Crippen LogP contribution in [0, 0.1) is 17.2 Å². The summed E-state index contributed by atoms with van der Waals surface area (Å²) in [6.07, 6.45) is 9.67. The summed E-state index contributed by atoms with van der Waals surface area (Å²) in [7, 11) is 0. The van der Waals surface area contributed by atoms with Crippen LogP contribution in [0.5, 0.6) is 0 Å². The Hall–Kier alpha value is -1.55. The lowest BCUT2D eigenvalue weighted by atomic mass is 9.78. The van der Waals surface area contributed by atoms with Crippen LogP contribution in [0.15, 0.2) is 36.4 Å². The van der Waals surface area contributed by atoms with Gasteiger partial charge in [0.2, 0.25) is 0 Å². The summed E-state index contributed by atoms with van der Waals surface area (Å²) in [5.74, 6) is 1.49. The number of benzene rings is 1. The van der Waals surface area contributed by atoms with Crippen molar-refractivity contribution in [2.75, 3.05) is 0 Å². The summed E-state index contributed by atoms with van der Waals surface area (Å²) in [6.45, 7) is 2.10. The van der Waals surface area contributed by atoms with E-state index in [9.17, 15) is 0 Å². The van der Waals surface area contributed by atoms with Gasteiger partial charge in [0, 0.05) is 0 Å². The highest BCUT2D eigenvalue weighted by Crippen LogP contribution is 2.36. The molecule has 1 aliphatic carbocycles. The molecule has 0 aromatic heterocycles. The molecule has 0 heterocycles. The highest BCUT2D eigenvalue weighted by molar-refractivity contribution is 5.33. The highest BCUT2D eigenvalue weighted by atomic mass is 14.3. The predicted molar refractivity (Wildman–Crippen MR) is 70.7 cm³/mol. The van der Waals surface area contributed by atoms with Crippen LogP contribution in [0.3, 0.4) is 0 Å². The first-order valence-electron chi connectivity index (χ1n) is 6.46. The molecule has 0 atom stereocenters. The average Bonchev–Trinajstić information content (AvgIpc) is 2.40. The molecule has 0 saturated heterocycles.